The summed E-state index contributed by atoms with van der Waals surface area (Å²) in [5.41, 5.74) is 8.27. The van der Waals surface area contributed by atoms with E-state index >= 15 is 0 Å². The molecule has 0 saturated heterocycles. The van der Waals surface area contributed by atoms with Crippen molar-refractivity contribution in [2.75, 3.05) is 0 Å². The minimum Gasteiger partial charge on any atom is -0.325 e. The molecule has 0 radical (unpaired) electrons. The zero-order valence-electron chi connectivity index (χ0n) is 9.79. The Balaban J connectivity index is 2.62. The number of hydrogen-bond donors (Lipinski definition) is 1. The summed E-state index contributed by atoms with van der Waals surface area (Å²) < 4.78 is 2.79. The van der Waals surface area contributed by atoms with E-state index in [9.17, 15) is 0 Å². The van der Waals surface area contributed by atoms with Gasteiger partial charge in [-0.2, -0.15) is 5.10 Å². The van der Waals surface area contributed by atoms with Crippen LogP contribution in [0.4, 0.5) is 0 Å². The third kappa shape index (κ3) is 2.13. The standard InChI is InChI=1S/C12H16BrN3/c1-12(2,14)7-8-5-4-6-9-10(8)16(3)15-11(9)13/h4-6H,7,14H2,1-3H3. The van der Waals surface area contributed by atoms with E-state index < -0.39 is 0 Å². The third-order valence-corrected chi connectivity index (χ3v) is 3.14. The first kappa shape index (κ1) is 11.6. The molecule has 86 valence electrons. The molecular weight excluding hydrogens is 266 g/mol. The molecule has 1 aromatic heterocycles. The first-order valence-corrected chi connectivity index (χ1v) is 6.07. The molecule has 0 unspecified atom stereocenters. The average molecular weight is 282 g/mol. The van der Waals surface area contributed by atoms with Gasteiger partial charge in [-0.05, 0) is 41.8 Å². The fourth-order valence-corrected chi connectivity index (χ4v) is 2.57. The normalized spacial score (nSPS) is 12.3. The van der Waals surface area contributed by atoms with Crippen LogP contribution in [-0.4, -0.2) is 15.3 Å². The van der Waals surface area contributed by atoms with Crippen LogP contribution >= 0.6 is 15.9 Å². The van der Waals surface area contributed by atoms with Crippen molar-refractivity contribution in [2.45, 2.75) is 25.8 Å². The van der Waals surface area contributed by atoms with Crippen LogP contribution in [0, 0.1) is 0 Å². The maximum absolute atomic E-state index is 6.07. The summed E-state index contributed by atoms with van der Waals surface area (Å²) in [5, 5.41) is 5.52. The van der Waals surface area contributed by atoms with E-state index in [0.29, 0.717) is 0 Å². The minimum atomic E-state index is -0.203. The maximum atomic E-state index is 6.07. The lowest BCUT2D eigenvalue weighted by Crippen LogP contribution is -2.34. The largest absolute Gasteiger partial charge is 0.325 e. The number of para-hydroxylation sites is 1. The lowest BCUT2D eigenvalue weighted by atomic mass is 9.95. The predicted octanol–water partition coefficient (Wildman–Crippen LogP) is 2.62. The monoisotopic (exact) mass is 281 g/mol. The Kier molecular flexibility index (Phi) is 2.80. The van der Waals surface area contributed by atoms with Crippen molar-refractivity contribution in [1.29, 1.82) is 0 Å². The van der Waals surface area contributed by atoms with Gasteiger partial charge in [0.2, 0.25) is 0 Å². The van der Waals surface area contributed by atoms with E-state index in [1.54, 1.807) is 0 Å². The van der Waals surface area contributed by atoms with E-state index in [0.717, 1.165) is 21.9 Å². The molecule has 2 aromatic rings. The molecular formula is C12H16BrN3. The smallest absolute Gasteiger partial charge is 0.135 e. The van der Waals surface area contributed by atoms with Crippen molar-refractivity contribution in [3.8, 4) is 0 Å². The Morgan fingerprint density at radius 1 is 1.44 bits per heavy atom. The van der Waals surface area contributed by atoms with E-state index in [4.69, 9.17) is 5.73 Å². The SMILES string of the molecule is Cn1nc(Br)c2cccc(CC(C)(C)N)c21. The van der Waals surface area contributed by atoms with Gasteiger partial charge in [-0.3, -0.25) is 4.68 Å². The number of benzene rings is 1. The summed E-state index contributed by atoms with van der Waals surface area (Å²) in [6, 6.07) is 6.24. The van der Waals surface area contributed by atoms with Crippen LogP contribution in [0.1, 0.15) is 19.4 Å². The highest BCUT2D eigenvalue weighted by atomic mass is 79.9. The first-order chi connectivity index (χ1) is 7.38. The van der Waals surface area contributed by atoms with Gasteiger partial charge in [-0.25, -0.2) is 0 Å². The average Bonchev–Trinajstić information content (AvgIpc) is 2.41. The van der Waals surface area contributed by atoms with Crippen LogP contribution < -0.4 is 5.73 Å². The van der Waals surface area contributed by atoms with Gasteiger partial charge in [0.15, 0.2) is 0 Å². The topological polar surface area (TPSA) is 43.8 Å². The fourth-order valence-electron chi connectivity index (χ4n) is 2.01. The van der Waals surface area contributed by atoms with Gasteiger partial charge in [0.1, 0.15) is 4.60 Å². The maximum Gasteiger partial charge on any atom is 0.135 e. The number of halogens is 1. The Morgan fingerprint density at radius 2 is 2.12 bits per heavy atom. The molecule has 0 saturated carbocycles. The van der Waals surface area contributed by atoms with Crippen molar-refractivity contribution >= 4 is 26.8 Å². The fraction of sp³-hybridized carbons (Fsp3) is 0.417. The molecule has 0 aliphatic carbocycles. The second kappa shape index (κ2) is 3.86. The second-order valence-corrected chi connectivity index (χ2v) is 5.64. The van der Waals surface area contributed by atoms with Crippen molar-refractivity contribution in [1.82, 2.24) is 9.78 Å². The zero-order chi connectivity index (χ0) is 11.9. The molecule has 0 aliphatic rings. The van der Waals surface area contributed by atoms with Crippen molar-refractivity contribution < 1.29 is 0 Å². The Labute approximate surface area is 104 Å². The summed E-state index contributed by atoms with van der Waals surface area (Å²) in [6.07, 6.45) is 0.844. The summed E-state index contributed by atoms with van der Waals surface area (Å²) >= 11 is 3.47. The predicted molar refractivity (Wildman–Crippen MR) is 70.4 cm³/mol. The number of aromatic nitrogens is 2. The van der Waals surface area contributed by atoms with Gasteiger partial charge >= 0.3 is 0 Å². The van der Waals surface area contributed by atoms with Crippen molar-refractivity contribution in [3.63, 3.8) is 0 Å². The molecule has 1 heterocycles. The summed E-state index contributed by atoms with van der Waals surface area (Å²) in [6.45, 7) is 4.08. The second-order valence-electron chi connectivity index (χ2n) is 4.89. The molecule has 4 heteroatoms. The van der Waals surface area contributed by atoms with Crippen LogP contribution in [0.2, 0.25) is 0 Å². The Bertz CT molecular complexity index is 523. The molecule has 0 atom stereocenters. The number of nitrogens with two attached hydrogens (primary N) is 1. The minimum absolute atomic E-state index is 0.203. The highest BCUT2D eigenvalue weighted by molar-refractivity contribution is 9.10. The molecule has 0 amide bonds. The molecule has 0 spiro atoms. The van der Waals surface area contributed by atoms with Crippen LogP contribution in [0.5, 0.6) is 0 Å². The van der Waals surface area contributed by atoms with Crippen LogP contribution in [-0.2, 0) is 13.5 Å². The Hall–Kier alpha value is -0.870. The van der Waals surface area contributed by atoms with E-state index in [-0.39, 0.29) is 5.54 Å². The number of rotatable bonds is 2. The highest BCUT2D eigenvalue weighted by Crippen LogP contribution is 2.27. The van der Waals surface area contributed by atoms with Gasteiger partial charge in [0.05, 0.1) is 5.52 Å². The highest BCUT2D eigenvalue weighted by Gasteiger charge is 2.16. The van der Waals surface area contributed by atoms with Gasteiger partial charge in [0, 0.05) is 18.0 Å². The van der Waals surface area contributed by atoms with E-state index in [1.807, 2.05) is 25.6 Å². The lowest BCUT2D eigenvalue weighted by molar-refractivity contribution is 0.517. The molecule has 2 N–H and O–H groups in total. The van der Waals surface area contributed by atoms with Gasteiger partial charge in [-0.15, -0.1) is 0 Å². The van der Waals surface area contributed by atoms with Gasteiger partial charge < -0.3 is 5.73 Å². The third-order valence-electron chi connectivity index (χ3n) is 2.55. The number of aryl methyl sites for hydroxylation is 1. The van der Waals surface area contributed by atoms with Crippen LogP contribution in [0.3, 0.4) is 0 Å². The molecule has 0 fully saturated rings. The molecule has 1 aromatic carbocycles. The Morgan fingerprint density at radius 3 is 2.75 bits per heavy atom. The number of nitrogens with zero attached hydrogens (tertiary/aromatic N) is 2. The molecule has 0 aliphatic heterocycles. The van der Waals surface area contributed by atoms with Crippen LogP contribution in [0.25, 0.3) is 10.9 Å². The summed E-state index contributed by atoms with van der Waals surface area (Å²) in [4.78, 5) is 0. The van der Waals surface area contributed by atoms with Crippen molar-refractivity contribution in [2.24, 2.45) is 12.8 Å². The van der Waals surface area contributed by atoms with Gasteiger partial charge in [0.25, 0.3) is 0 Å². The summed E-state index contributed by atoms with van der Waals surface area (Å²) in [7, 11) is 1.96. The van der Waals surface area contributed by atoms with Crippen LogP contribution in [0.15, 0.2) is 22.8 Å². The molecule has 0 bridgehead atoms. The zero-order valence-corrected chi connectivity index (χ0v) is 11.4. The van der Waals surface area contributed by atoms with Gasteiger partial charge in [-0.1, -0.05) is 18.2 Å². The van der Waals surface area contributed by atoms with E-state index in [1.165, 1.54) is 5.56 Å². The lowest BCUT2D eigenvalue weighted by Gasteiger charge is -2.19. The van der Waals surface area contributed by atoms with E-state index in [2.05, 4.69) is 39.2 Å². The number of fused-ring (bicyclic) bond motifs is 1. The molecule has 2 rings (SSSR count). The van der Waals surface area contributed by atoms with Crippen molar-refractivity contribution in [3.05, 3.63) is 28.4 Å². The first-order valence-electron chi connectivity index (χ1n) is 5.27. The molecule has 16 heavy (non-hydrogen) atoms. The summed E-state index contributed by atoms with van der Waals surface area (Å²) in [5.74, 6) is 0. The quantitative estimate of drug-likeness (QED) is 0.920. The number of hydrogen-bond acceptors (Lipinski definition) is 2. The molecule has 3 nitrogen and oxygen atoms in total.